The van der Waals surface area contributed by atoms with Crippen LogP contribution in [-0.2, 0) is 27.5 Å². The highest BCUT2D eigenvalue weighted by Crippen LogP contribution is 2.27. The first-order chi connectivity index (χ1) is 14.6. The summed E-state index contributed by atoms with van der Waals surface area (Å²) in [6, 6.07) is 20.6. The van der Waals surface area contributed by atoms with Crippen LogP contribution in [0.4, 0.5) is 0 Å². The van der Waals surface area contributed by atoms with Gasteiger partial charge < -0.3 is 14.3 Å². The van der Waals surface area contributed by atoms with E-state index in [1.807, 2.05) is 36.4 Å². The highest BCUT2D eigenvalue weighted by molar-refractivity contribution is 5.49. The zero-order valence-corrected chi connectivity index (χ0v) is 18.8. The molecule has 3 heteroatoms. The molecule has 0 aromatic heterocycles. The van der Waals surface area contributed by atoms with Gasteiger partial charge in [0.15, 0.2) is 0 Å². The molecule has 4 atom stereocenters. The Balaban J connectivity index is 2.15. The van der Waals surface area contributed by atoms with E-state index in [-0.39, 0.29) is 18.1 Å². The summed E-state index contributed by atoms with van der Waals surface area (Å²) in [5, 5.41) is 0. The molecule has 0 aliphatic carbocycles. The van der Waals surface area contributed by atoms with E-state index in [0.29, 0.717) is 25.6 Å². The second-order valence-corrected chi connectivity index (χ2v) is 8.46. The molecule has 0 amide bonds. The molecule has 0 fully saturated rings. The lowest BCUT2D eigenvalue weighted by atomic mass is 9.88. The summed E-state index contributed by atoms with van der Waals surface area (Å²) in [6.07, 6.45) is 5.81. The van der Waals surface area contributed by atoms with Crippen molar-refractivity contribution >= 4 is 6.29 Å². The fourth-order valence-corrected chi connectivity index (χ4v) is 3.83. The Kier molecular flexibility index (Phi) is 11.4. The van der Waals surface area contributed by atoms with E-state index in [9.17, 15) is 4.79 Å². The average molecular weight is 411 g/mol. The molecule has 0 saturated carbocycles. The van der Waals surface area contributed by atoms with Gasteiger partial charge in [0.2, 0.25) is 0 Å². The molecule has 30 heavy (non-hydrogen) atoms. The summed E-state index contributed by atoms with van der Waals surface area (Å²) in [5.74, 6) is 0.655. The number of rotatable bonds is 15. The summed E-state index contributed by atoms with van der Waals surface area (Å²) in [6.45, 7) is 7.76. The van der Waals surface area contributed by atoms with E-state index in [2.05, 4.69) is 45.0 Å². The number of ether oxygens (including phenoxy) is 2. The van der Waals surface area contributed by atoms with Crippen molar-refractivity contribution in [2.75, 3.05) is 0 Å². The number of unbranched alkanes of at least 4 members (excludes halogenated alkanes) is 1. The predicted octanol–water partition coefficient (Wildman–Crippen LogP) is 6.60. The molecule has 0 aliphatic heterocycles. The largest absolute Gasteiger partial charge is 0.371 e. The average Bonchev–Trinajstić information content (AvgIpc) is 2.77. The molecule has 2 aromatic carbocycles. The molecule has 0 spiro atoms. The molecule has 164 valence electrons. The molecule has 0 N–H and O–H groups in total. The van der Waals surface area contributed by atoms with Gasteiger partial charge in [0.1, 0.15) is 6.29 Å². The molecule has 0 heterocycles. The molecular formula is C27H38O3. The van der Waals surface area contributed by atoms with Gasteiger partial charge in [-0.1, -0.05) is 94.3 Å². The third-order valence-corrected chi connectivity index (χ3v) is 5.67. The zero-order chi connectivity index (χ0) is 21.6. The maximum atomic E-state index is 11.1. The van der Waals surface area contributed by atoms with E-state index in [1.54, 1.807) is 0 Å². The first kappa shape index (κ1) is 24.3. The third-order valence-electron chi connectivity index (χ3n) is 5.67. The van der Waals surface area contributed by atoms with Crippen molar-refractivity contribution in [3.8, 4) is 0 Å². The standard InChI is InChI=1S/C27H38O3/c1-4-5-12-23(3)27(30-21-25-15-10-7-11-16-25)26(19-22(2)17-18-28)29-20-24-13-8-6-9-14-24/h6-11,13-16,18,22-23,26-27H,4-5,12,17,19-21H2,1-3H3/t22-,23+,26-,27+/m0/s1. The highest BCUT2D eigenvalue weighted by Gasteiger charge is 2.30. The number of carbonyl (C=O) groups is 1. The SMILES string of the molecule is CCCC[C@@H](C)[C@@H](OCc1ccccc1)[C@H](C[C@@H](C)CC=O)OCc1ccccc1. The number of carbonyl (C=O) groups excluding carboxylic acids is 1. The Hall–Kier alpha value is -1.97. The zero-order valence-electron chi connectivity index (χ0n) is 18.8. The first-order valence-corrected chi connectivity index (χ1v) is 11.4. The summed E-state index contributed by atoms with van der Waals surface area (Å²) >= 11 is 0. The minimum atomic E-state index is -0.0456. The first-order valence-electron chi connectivity index (χ1n) is 11.4. The molecule has 0 bridgehead atoms. The lowest BCUT2D eigenvalue weighted by Crippen LogP contribution is -2.38. The van der Waals surface area contributed by atoms with Crippen LogP contribution in [0.5, 0.6) is 0 Å². The Morgan fingerprint density at radius 3 is 1.97 bits per heavy atom. The highest BCUT2D eigenvalue weighted by atomic mass is 16.5. The lowest BCUT2D eigenvalue weighted by molar-refractivity contribution is -0.118. The summed E-state index contributed by atoms with van der Waals surface area (Å²) in [4.78, 5) is 11.1. The van der Waals surface area contributed by atoms with Crippen LogP contribution in [0.3, 0.4) is 0 Å². The van der Waals surface area contributed by atoms with Gasteiger partial charge in [-0.2, -0.15) is 0 Å². The molecule has 3 nitrogen and oxygen atoms in total. The molecular weight excluding hydrogens is 372 g/mol. The second kappa shape index (κ2) is 14.1. The molecule has 2 aromatic rings. The van der Waals surface area contributed by atoms with Gasteiger partial charge in [-0.05, 0) is 35.8 Å². The summed E-state index contributed by atoms with van der Waals surface area (Å²) in [5.41, 5.74) is 2.33. The minimum Gasteiger partial charge on any atom is -0.371 e. The predicted molar refractivity (Wildman–Crippen MR) is 123 cm³/mol. The van der Waals surface area contributed by atoms with Crippen LogP contribution in [0, 0.1) is 11.8 Å². The van der Waals surface area contributed by atoms with Crippen molar-refractivity contribution in [1.82, 2.24) is 0 Å². The Morgan fingerprint density at radius 2 is 1.43 bits per heavy atom. The number of aldehydes is 1. The fraction of sp³-hybridized carbons (Fsp3) is 0.519. The number of benzene rings is 2. The van der Waals surface area contributed by atoms with Gasteiger partial charge in [-0.15, -0.1) is 0 Å². The minimum absolute atomic E-state index is 0.00503. The fourth-order valence-electron chi connectivity index (χ4n) is 3.83. The Labute approximate surface area is 182 Å². The van der Waals surface area contributed by atoms with Crippen LogP contribution >= 0.6 is 0 Å². The third kappa shape index (κ3) is 8.81. The van der Waals surface area contributed by atoms with Crippen molar-refractivity contribution < 1.29 is 14.3 Å². The smallest absolute Gasteiger partial charge is 0.120 e. The van der Waals surface area contributed by atoms with Gasteiger partial charge in [-0.3, -0.25) is 0 Å². The maximum absolute atomic E-state index is 11.1. The van der Waals surface area contributed by atoms with Crippen molar-refractivity contribution in [1.29, 1.82) is 0 Å². The van der Waals surface area contributed by atoms with Gasteiger partial charge >= 0.3 is 0 Å². The maximum Gasteiger partial charge on any atom is 0.120 e. The van der Waals surface area contributed by atoms with Crippen LogP contribution in [0.2, 0.25) is 0 Å². The lowest BCUT2D eigenvalue weighted by Gasteiger charge is -2.33. The van der Waals surface area contributed by atoms with Crippen molar-refractivity contribution in [2.24, 2.45) is 11.8 Å². The number of hydrogen-bond acceptors (Lipinski definition) is 3. The van der Waals surface area contributed by atoms with Crippen LogP contribution in [-0.4, -0.2) is 18.5 Å². The molecule has 0 unspecified atom stereocenters. The van der Waals surface area contributed by atoms with E-state index in [4.69, 9.17) is 9.47 Å². The normalized spacial score (nSPS) is 15.3. The summed E-state index contributed by atoms with van der Waals surface area (Å²) < 4.78 is 13.0. The Morgan fingerprint density at radius 1 is 0.867 bits per heavy atom. The van der Waals surface area contributed by atoms with E-state index in [1.165, 1.54) is 18.4 Å². The van der Waals surface area contributed by atoms with Gasteiger partial charge in [0.05, 0.1) is 25.4 Å². The van der Waals surface area contributed by atoms with Gasteiger partial charge in [0.25, 0.3) is 0 Å². The van der Waals surface area contributed by atoms with E-state index >= 15 is 0 Å². The monoisotopic (exact) mass is 410 g/mol. The van der Waals surface area contributed by atoms with Gasteiger partial charge in [0, 0.05) is 6.42 Å². The van der Waals surface area contributed by atoms with E-state index in [0.717, 1.165) is 24.7 Å². The van der Waals surface area contributed by atoms with E-state index < -0.39 is 0 Å². The Bertz CT molecular complexity index is 686. The second-order valence-electron chi connectivity index (χ2n) is 8.46. The molecule has 0 radical (unpaired) electrons. The van der Waals surface area contributed by atoms with Crippen molar-refractivity contribution in [2.45, 2.75) is 78.3 Å². The summed E-state index contributed by atoms with van der Waals surface area (Å²) in [7, 11) is 0. The van der Waals surface area contributed by atoms with Crippen molar-refractivity contribution in [3.05, 3.63) is 71.8 Å². The quantitative estimate of drug-likeness (QED) is 0.310. The van der Waals surface area contributed by atoms with Crippen LogP contribution in [0.25, 0.3) is 0 Å². The van der Waals surface area contributed by atoms with Gasteiger partial charge in [-0.25, -0.2) is 0 Å². The number of hydrogen-bond donors (Lipinski definition) is 0. The molecule has 0 saturated heterocycles. The van der Waals surface area contributed by atoms with Crippen LogP contribution in [0.1, 0.15) is 64.0 Å². The van der Waals surface area contributed by atoms with Crippen molar-refractivity contribution in [3.63, 3.8) is 0 Å². The molecule has 2 rings (SSSR count). The molecule has 0 aliphatic rings. The van der Waals surface area contributed by atoms with Crippen LogP contribution in [0.15, 0.2) is 60.7 Å². The topological polar surface area (TPSA) is 35.5 Å². The van der Waals surface area contributed by atoms with Crippen LogP contribution < -0.4 is 0 Å².